The number of carbonyl (C=O) groups excluding carboxylic acids is 1. The van der Waals surface area contributed by atoms with Gasteiger partial charge in [-0.1, -0.05) is 51.1 Å². The summed E-state index contributed by atoms with van der Waals surface area (Å²) in [6, 6.07) is 9.41. The van der Waals surface area contributed by atoms with Gasteiger partial charge in [-0.3, -0.25) is 4.57 Å². The summed E-state index contributed by atoms with van der Waals surface area (Å²) < 4.78 is 19.9. The van der Waals surface area contributed by atoms with E-state index in [1.807, 2.05) is 30.3 Å². The zero-order chi connectivity index (χ0) is 26.1. The van der Waals surface area contributed by atoms with Crippen molar-refractivity contribution in [2.24, 2.45) is 0 Å². The smallest absolute Gasteiger partial charge is 0.331 e. The molecule has 4 rings (SSSR count). The first kappa shape index (κ1) is 26.0. The summed E-state index contributed by atoms with van der Waals surface area (Å²) in [5.74, 6) is -0.371. The molecule has 0 bridgehead atoms. The molecule has 10 nitrogen and oxygen atoms in total. The molecule has 11 heteroatoms. The van der Waals surface area contributed by atoms with E-state index >= 15 is 0 Å². The van der Waals surface area contributed by atoms with Gasteiger partial charge in [-0.15, -0.1) is 0 Å². The number of aromatic nitrogens is 4. The molecule has 0 aliphatic carbocycles. The number of fused-ring (bicyclic) bond motifs is 1. The average molecular weight is 512 g/mol. The number of esters is 1. The summed E-state index contributed by atoms with van der Waals surface area (Å²) >= 11 is 0. The van der Waals surface area contributed by atoms with Gasteiger partial charge in [-0.05, 0) is 29.8 Å². The number of nitrogen functional groups attached to an aromatic ring is 1. The molecule has 0 saturated carbocycles. The minimum absolute atomic E-state index is 0.0246. The first-order valence-corrected chi connectivity index (χ1v) is 14.7. The lowest BCUT2D eigenvalue weighted by atomic mass is 10.1. The summed E-state index contributed by atoms with van der Waals surface area (Å²) in [6.07, 6.45) is 2.02. The number of imidazole rings is 1. The fourth-order valence-electron chi connectivity index (χ4n) is 3.69. The molecule has 3 N–H and O–H groups in total. The monoisotopic (exact) mass is 511 g/mol. The van der Waals surface area contributed by atoms with Crippen molar-refractivity contribution >= 4 is 37.3 Å². The quantitative estimate of drug-likeness (QED) is 0.278. The van der Waals surface area contributed by atoms with Crippen LogP contribution in [0.2, 0.25) is 18.1 Å². The van der Waals surface area contributed by atoms with E-state index in [-0.39, 0.29) is 17.5 Å². The molecule has 1 saturated heterocycles. The molecule has 1 aliphatic heterocycles. The van der Waals surface area contributed by atoms with E-state index < -0.39 is 38.8 Å². The van der Waals surface area contributed by atoms with E-state index in [0.29, 0.717) is 11.2 Å². The first-order valence-electron chi connectivity index (χ1n) is 11.8. The topological polar surface area (TPSA) is 135 Å². The van der Waals surface area contributed by atoms with Crippen LogP contribution in [-0.4, -0.2) is 63.8 Å². The normalized spacial score (nSPS) is 22.9. The average Bonchev–Trinajstić information content (AvgIpc) is 3.38. The highest BCUT2D eigenvalue weighted by Crippen LogP contribution is 2.39. The Bertz CT molecular complexity index is 1240. The largest absolute Gasteiger partial charge is 0.453 e. The SMILES string of the molecule is CC(C)(C)[Si](C)(C)OC[C@H]1O[C@@H](n2cnc3c(N)ncnc32)[C@H](O)[C@@H]1OC(=O)/C=C/c1ccccc1. The highest BCUT2D eigenvalue weighted by Gasteiger charge is 2.49. The predicted molar refractivity (Wildman–Crippen MR) is 138 cm³/mol. The van der Waals surface area contributed by atoms with Gasteiger partial charge in [0, 0.05) is 6.08 Å². The first-order chi connectivity index (χ1) is 17.0. The van der Waals surface area contributed by atoms with Crippen LogP contribution in [0.15, 0.2) is 49.1 Å². The van der Waals surface area contributed by atoms with Gasteiger partial charge in [0.1, 0.15) is 24.1 Å². The second kappa shape index (κ2) is 10.1. The van der Waals surface area contributed by atoms with Crippen molar-refractivity contribution in [2.75, 3.05) is 12.3 Å². The Balaban J connectivity index is 1.58. The molecule has 0 unspecified atom stereocenters. The van der Waals surface area contributed by atoms with Crippen molar-refractivity contribution in [3.8, 4) is 0 Å². The van der Waals surface area contributed by atoms with Crippen molar-refractivity contribution in [1.82, 2.24) is 19.5 Å². The molecular weight excluding hydrogens is 478 g/mol. The third-order valence-corrected chi connectivity index (χ3v) is 11.3. The molecule has 1 aromatic carbocycles. The van der Waals surface area contributed by atoms with Gasteiger partial charge >= 0.3 is 5.97 Å². The third kappa shape index (κ3) is 5.33. The second-order valence-electron chi connectivity index (χ2n) is 10.4. The molecule has 192 valence electrons. The van der Waals surface area contributed by atoms with Crippen molar-refractivity contribution in [2.45, 2.75) is 63.4 Å². The van der Waals surface area contributed by atoms with Gasteiger partial charge in [-0.25, -0.2) is 19.7 Å². The molecule has 0 spiro atoms. The third-order valence-electron chi connectivity index (χ3n) is 6.85. The van der Waals surface area contributed by atoms with E-state index in [0.717, 1.165) is 5.56 Å². The number of nitrogens with two attached hydrogens (primary N) is 1. The van der Waals surface area contributed by atoms with Crippen molar-refractivity contribution in [3.05, 3.63) is 54.6 Å². The molecular formula is C25H33N5O5Si. The van der Waals surface area contributed by atoms with Gasteiger partial charge in [0.25, 0.3) is 0 Å². The van der Waals surface area contributed by atoms with Crippen LogP contribution in [0.1, 0.15) is 32.6 Å². The number of carbonyl (C=O) groups is 1. The van der Waals surface area contributed by atoms with E-state index in [2.05, 4.69) is 48.8 Å². The minimum Gasteiger partial charge on any atom is -0.453 e. The number of hydrogen-bond donors (Lipinski definition) is 2. The van der Waals surface area contributed by atoms with Crippen molar-refractivity contribution < 1.29 is 23.8 Å². The Morgan fingerprint density at radius 3 is 2.64 bits per heavy atom. The number of nitrogens with zero attached hydrogens (tertiary/aromatic N) is 4. The highest BCUT2D eigenvalue weighted by atomic mass is 28.4. The lowest BCUT2D eigenvalue weighted by molar-refractivity contribution is -0.150. The van der Waals surface area contributed by atoms with Gasteiger partial charge in [0.15, 0.2) is 32.1 Å². The number of rotatable bonds is 7. The van der Waals surface area contributed by atoms with Gasteiger partial charge < -0.3 is 24.7 Å². The van der Waals surface area contributed by atoms with Crippen LogP contribution in [0.4, 0.5) is 5.82 Å². The number of aliphatic hydroxyl groups is 1. The summed E-state index contributed by atoms with van der Waals surface area (Å²) in [6.45, 7) is 10.8. The number of ether oxygens (including phenoxy) is 2. The molecule has 36 heavy (non-hydrogen) atoms. The van der Waals surface area contributed by atoms with Crippen LogP contribution in [0.25, 0.3) is 17.2 Å². The maximum absolute atomic E-state index is 12.7. The minimum atomic E-state index is -2.14. The Morgan fingerprint density at radius 1 is 1.22 bits per heavy atom. The zero-order valence-corrected chi connectivity index (χ0v) is 22.2. The van der Waals surface area contributed by atoms with Crippen molar-refractivity contribution in [3.63, 3.8) is 0 Å². The predicted octanol–water partition coefficient (Wildman–Crippen LogP) is 3.31. The highest BCUT2D eigenvalue weighted by molar-refractivity contribution is 6.74. The van der Waals surface area contributed by atoms with Crippen LogP contribution in [-0.2, 0) is 18.7 Å². The summed E-state index contributed by atoms with van der Waals surface area (Å²) in [4.78, 5) is 25.2. The van der Waals surface area contributed by atoms with Crippen LogP contribution >= 0.6 is 0 Å². The standard InChI is InChI=1S/C25H33N5O5Si/c1-25(2,3)36(4,5)33-13-17-21(35-18(31)12-11-16-9-7-6-8-10-16)20(32)24(34-17)30-15-29-19-22(26)27-14-28-23(19)30/h6-12,14-15,17,20-21,24,32H,13H2,1-5H3,(H2,26,27,28)/b12-11+/t17-,20-,21-,24-/m1/s1. The molecule has 3 heterocycles. The number of anilines is 1. The van der Waals surface area contributed by atoms with E-state index in [1.54, 1.807) is 10.6 Å². The van der Waals surface area contributed by atoms with Gasteiger partial charge in [-0.2, -0.15) is 0 Å². The van der Waals surface area contributed by atoms with Crippen molar-refractivity contribution in [1.29, 1.82) is 0 Å². The Hall–Kier alpha value is -3.12. The van der Waals surface area contributed by atoms with E-state index in [1.165, 1.54) is 18.7 Å². The molecule has 4 atom stereocenters. The van der Waals surface area contributed by atoms with Crippen LogP contribution in [0.5, 0.6) is 0 Å². The van der Waals surface area contributed by atoms with Gasteiger partial charge in [0.2, 0.25) is 0 Å². The maximum atomic E-state index is 12.7. The summed E-state index contributed by atoms with van der Waals surface area (Å²) in [5.41, 5.74) is 7.58. The molecule has 0 amide bonds. The Kier molecular flexibility index (Phi) is 7.28. The molecule has 2 aromatic heterocycles. The van der Waals surface area contributed by atoms with E-state index in [9.17, 15) is 9.90 Å². The summed E-state index contributed by atoms with van der Waals surface area (Å²) in [5, 5.41) is 11.2. The molecule has 0 radical (unpaired) electrons. The Labute approximate surface area is 211 Å². The van der Waals surface area contributed by atoms with Crippen LogP contribution < -0.4 is 5.73 Å². The number of benzene rings is 1. The second-order valence-corrected chi connectivity index (χ2v) is 15.2. The van der Waals surface area contributed by atoms with Gasteiger partial charge in [0.05, 0.1) is 12.9 Å². The maximum Gasteiger partial charge on any atom is 0.331 e. The fourth-order valence-corrected chi connectivity index (χ4v) is 4.71. The Morgan fingerprint density at radius 2 is 1.94 bits per heavy atom. The number of hydrogen-bond acceptors (Lipinski definition) is 9. The van der Waals surface area contributed by atoms with E-state index in [4.69, 9.17) is 19.6 Å². The van der Waals surface area contributed by atoms with Crippen LogP contribution in [0.3, 0.4) is 0 Å². The molecule has 1 fully saturated rings. The molecule has 3 aromatic rings. The number of aliphatic hydroxyl groups excluding tert-OH is 1. The molecule has 1 aliphatic rings. The lowest BCUT2D eigenvalue weighted by Crippen LogP contribution is -2.45. The fraction of sp³-hybridized carbons (Fsp3) is 0.440. The van der Waals surface area contributed by atoms with Crippen LogP contribution in [0, 0.1) is 0 Å². The summed E-state index contributed by atoms with van der Waals surface area (Å²) in [7, 11) is -2.14. The lowest BCUT2D eigenvalue weighted by Gasteiger charge is -2.37. The zero-order valence-electron chi connectivity index (χ0n) is 21.2.